The van der Waals surface area contributed by atoms with Gasteiger partial charge in [-0.3, -0.25) is 4.99 Å². The van der Waals surface area contributed by atoms with Crippen LogP contribution in [0.25, 0.3) is 0 Å². The molecule has 1 N–H and O–H groups in total. The molecular formula is C19H32N6. The molecule has 6 nitrogen and oxygen atoms in total. The van der Waals surface area contributed by atoms with Gasteiger partial charge in [-0.1, -0.05) is 32.1 Å². The van der Waals surface area contributed by atoms with E-state index in [0.29, 0.717) is 0 Å². The lowest BCUT2D eigenvalue weighted by Gasteiger charge is -2.36. The molecule has 1 saturated heterocycles. The molecule has 0 bridgehead atoms. The minimum absolute atomic E-state index is 0.802. The van der Waals surface area contributed by atoms with Crippen LogP contribution in [0.3, 0.4) is 0 Å². The van der Waals surface area contributed by atoms with Gasteiger partial charge in [-0.05, 0) is 24.8 Å². The number of anilines is 1. The van der Waals surface area contributed by atoms with Crippen LogP contribution in [0.15, 0.2) is 23.5 Å². The van der Waals surface area contributed by atoms with Gasteiger partial charge in [-0.15, -0.1) is 0 Å². The van der Waals surface area contributed by atoms with Gasteiger partial charge in [-0.2, -0.15) is 0 Å². The summed E-state index contributed by atoms with van der Waals surface area (Å²) in [6.07, 6.45) is 13.4. The van der Waals surface area contributed by atoms with Crippen molar-refractivity contribution < 1.29 is 0 Å². The molecule has 0 amide bonds. The molecule has 1 aromatic rings. The number of hydrogen-bond donors (Lipinski definition) is 1. The molecule has 3 rings (SSSR count). The van der Waals surface area contributed by atoms with Crippen molar-refractivity contribution in [3.8, 4) is 0 Å². The van der Waals surface area contributed by atoms with Crippen molar-refractivity contribution in [1.29, 1.82) is 0 Å². The van der Waals surface area contributed by atoms with Gasteiger partial charge in [-0.25, -0.2) is 9.97 Å². The lowest BCUT2D eigenvalue weighted by molar-refractivity contribution is 0.347. The second-order valence-corrected chi connectivity index (χ2v) is 7.16. The van der Waals surface area contributed by atoms with E-state index in [0.717, 1.165) is 50.5 Å². The van der Waals surface area contributed by atoms with E-state index in [2.05, 4.69) is 30.1 Å². The Labute approximate surface area is 151 Å². The number of rotatable bonds is 3. The van der Waals surface area contributed by atoms with E-state index in [-0.39, 0.29) is 0 Å². The van der Waals surface area contributed by atoms with Gasteiger partial charge in [0.05, 0.1) is 0 Å². The Morgan fingerprint density at radius 1 is 1.04 bits per heavy atom. The van der Waals surface area contributed by atoms with Crippen LogP contribution in [0.4, 0.5) is 5.95 Å². The van der Waals surface area contributed by atoms with E-state index in [9.17, 15) is 0 Å². The van der Waals surface area contributed by atoms with Gasteiger partial charge in [0.1, 0.15) is 0 Å². The average molecular weight is 345 g/mol. The van der Waals surface area contributed by atoms with Gasteiger partial charge in [0.2, 0.25) is 5.95 Å². The Hall–Kier alpha value is -1.85. The first kappa shape index (κ1) is 18.0. The molecular weight excluding hydrogens is 312 g/mol. The highest BCUT2D eigenvalue weighted by atomic mass is 15.4. The van der Waals surface area contributed by atoms with Crippen LogP contribution in [0.2, 0.25) is 0 Å². The van der Waals surface area contributed by atoms with Crippen LogP contribution in [-0.4, -0.2) is 60.6 Å². The Bertz CT molecular complexity index is 516. The zero-order chi connectivity index (χ0) is 17.3. The van der Waals surface area contributed by atoms with Crippen molar-refractivity contribution >= 4 is 11.9 Å². The van der Waals surface area contributed by atoms with Crippen molar-refractivity contribution in [2.45, 2.75) is 44.9 Å². The minimum Gasteiger partial charge on any atom is -0.356 e. The molecule has 6 heteroatoms. The fourth-order valence-corrected chi connectivity index (χ4v) is 3.89. The molecule has 0 spiro atoms. The van der Waals surface area contributed by atoms with Gasteiger partial charge < -0.3 is 15.1 Å². The van der Waals surface area contributed by atoms with Crippen molar-refractivity contribution in [2.24, 2.45) is 10.9 Å². The van der Waals surface area contributed by atoms with E-state index in [1.807, 2.05) is 25.5 Å². The molecule has 138 valence electrons. The lowest BCUT2D eigenvalue weighted by atomic mass is 9.91. The van der Waals surface area contributed by atoms with Crippen LogP contribution in [0, 0.1) is 5.92 Å². The molecule has 1 saturated carbocycles. The predicted molar refractivity (Wildman–Crippen MR) is 103 cm³/mol. The van der Waals surface area contributed by atoms with E-state index in [4.69, 9.17) is 0 Å². The van der Waals surface area contributed by atoms with Gasteiger partial charge in [0.25, 0.3) is 0 Å². The number of hydrogen-bond acceptors (Lipinski definition) is 4. The first-order valence-electron chi connectivity index (χ1n) is 9.84. The molecule has 0 atom stereocenters. The van der Waals surface area contributed by atoms with Gasteiger partial charge in [0.15, 0.2) is 5.96 Å². The Morgan fingerprint density at radius 2 is 1.68 bits per heavy atom. The van der Waals surface area contributed by atoms with Crippen LogP contribution >= 0.6 is 0 Å². The Balaban J connectivity index is 1.46. The summed E-state index contributed by atoms with van der Waals surface area (Å²) in [5, 5.41) is 3.64. The van der Waals surface area contributed by atoms with Crippen molar-refractivity contribution in [3.05, 3.63) is 18.5 Å². The third-order valence-electron chi connectivity index (χ3n) is 5.40. The number of nitrogens with one attached hydrogen (secondary N) is 1. The Kier molecular flexibility index (Phi) is 6.89. The van der Waals surface area contributed by atoms with Crippen LogP contribution in [0.1, 0.15) is 44.9 Å². The Morgan fingerprint density at radius 3 is 2.32 bits per heavy atom. The van der Waals surface area contributed by atoms with E-state index in [1.165, 1.54) is 44.9 Å². The fourth-order valence-electron chi connectivity index (χ4n) is 3.89. The summed E-state index contributed by atoms with van der Waals surface area (Å²) in [4.78, 5) is 17.8. The largest absolute Gasteiger partial charge is 0.356 e. The van der Waals surface area contributed by atoms with E-state index in [1.54, 1.807) is 0 Å². The average Bonchev–Trinajstić information content (AvgIpc) is 2.65. The third kappa shape index (κ3) is 5.31. The van der Waals surface area contributed by atoms with E-state index >= 15 is 0 Å². The minimum atomic E-state index is 0.802. The van der Waals surface area contributed by atoms with Crippen molar-refractivity contribution in [2.75, 3.05) is 44.7 Å². The fraction of sp³-hybridized carbons (Fsp3) is 0.737. The lowest BCUT2D eigenvalue weighted by Crippen LogP contribution is -2.53. The summed E-state index contributed by atoms with van der Waals surface area (Å²) < 4.78 is 0. The third-order valence-corrected chi connectivity index (χ3v) is 5.40. The van der Waals surface area contributed by atoms with Gasteiger partial charge in [0, 0.05) is 52.2 Å². The predicted octanol–water partition coefficient (Wildman–Crippen LogP) is 2.53. The van der Waals surface area contributed by atoms with E-state index < -0.39 is 0 Å². The van der Waals surface area contributed by atoms with Gasteiger partial charge >= 0.3 is 0 Å². The molecule has 1 aromatic heterocycles. The second-order valence-electron chi connectivity index (χ2n) is 7.16. The topological polar surface area (TPSA) is 56.7 Å². The van der Waals surface area contributed by atoms with Crippen LogP contribution < -0.4 is 10.2 Å². The van der Waals surface area contributed by atoms with Crippen molar-refractivity contribution in [3.63, 3.8) is 0 Å². The molecule has 25 heavy (non-hydrogen) atoms. The van der Waals surface area contributed by atoms with Crippen molar-refractivity contribution in [1.82, 2.24) is 20.2 Å². The maximum Gasteiger partial charge on any atom is 0.225 e. The maximum absolute atomic E-state index is 4.52. The SMILES string of the molecule is CN=C(NCC1CCCCCCC1)N1CCN(c2ncccn2)CC1. The number of piperazine rings is 1. The standard InChI is InChI=1S/C19H32N6/c1-20-18(23-16-17-8-5-3-2-4-6-9-17)24-12-14-25(15-13-24)19-21-10-7-11-22-19/h7,10-11,17H,2-6,8-9,12-16H2,1H3,(H,20,23). The molecule has 0 aromatic carbocycles. The first-order chi connectivity index (χ1) is 12.4. The summed E-state index contributed by atoms with van der Waals surface area (Å²) >= 11 is 0. The highest BCUT2D eigenvalue weighted by Crippen LogP contribution is 2.21. The monoisotopic (exact) mass is 344 g/mol. The summed E-state index contributed by atoms with van der Waals surface area (Å²) in [5.41, 5.74) is 0. The number of aromatic nitrogens is 2. The quantitative estimate of drug-likeness (QED) is 0.674. The normalized spacial score (nSPS) is 20.9. The summed E-state index contributed by atoms with van der Waals surface area (Å²) in [6, 6.07) is 1.86. The molecule has 2 fully saturated rings. The van der Waals surface area contributed by atoms with Crippen LogP contribution in [-0.2, 0) is 0 Å². The maximum atomic E-state index is 4.52. The zero-order valence-corrected chi connectivity index (χ0v) is 15.5. The summed E-state index contributed by atoms with van der Waals surface area (Å²) in [7, 11) is 1.90. The molecule has 0 unspecified atom stereocenters. The number of guanidine groups is 1. The molecule has 2 aliphatic rings. The molecule has 1 aliphatic carbocycles. The highest BCUT2D eigenvalue weighted by molar-refractivity contribution is 5.80. The zero-order valence-electron chi connectivity index (χ0n) is 15.5. The summed E-state index contributed by atoms with van der Waals surface area (Å²) in [5.74, 6) is 2.69. The van der Waals surface area contributed by atoms with Crippen LogP contribution in [0.5, 0.6) is 0 Å². The molecule has 2 heterocycles. The summed E-state index contributed by atoms with van der Waals surface area (Å²) in [6.45, 7) is 4.86. The second kappa shape index (κ2) is 9.59. The first-order valence-corrected chi connectivity index (χ1v) is 9.84. The number of aliphatic imine (C=N–C) groups is 1. The highest BCUT2D eigenvalue weighted by Gasteiger charge is 2.21. The molecule has 0 radical (unpaired) electrons. The molecule has 1 aliphatic heterocycles. The number of nitrogens with zero attached hydrogens (tertiary/aromatic N) is 5. The smallest absolute Gasteiger partial charge is 0.225 e.